The lowest BCUT2D eigenvalue weighted by atomic mass is 10.1. The maximum atomic E-state index is 5.25. The van der Waals surface area contributed by atoms with Gasteiger partial charge in [0.1, 0.15) is 5.75 Å². The number of para-hydroxylation sites is 1. The molecule has 0 amide bonds. The van der Waals surface area contributed by atoms with E-state index in [1.54, 1.807) is 7.11 Å². The Kier molecular flexibility index (Phi) is 5.38. The van der Waals surface area contributed by atoms with Gasteiger partial charge in [-0.1, -0.05) is 30.3 Å². The fraction of sp³-hybridized carbons (Fsp3) is 0.188. The molecule has 0 saturated carbocycles. The molecule has 0 bridgehead atoms. The first-order valence-corrected chi connectivity index (χ1v) is 6.91. The molecule has 0 saturated heterocycles. The van der Waals surface area contributed by atoms with Gasteiger partial charge in [-0.05, 0) is 48.5 Å². The molecule has 20 heavy (non-hydrogen) atoms. The van der Waals surface area contributed by atoms with Crippen molar-refractivity contribution in [2.24, 2.45) is 0 Å². The molecular weight excluding hydrogens is 268 g/mol. The Morgan fingerprint density at radius 1 is 1.10 bits per heavy atom. The van der Waals surface area contributed by atoms with E-state index in [0.29, 0.717) is 5.11 Å². The number of benzene rings is 2. The van der Waals surface area contributed by atoms with Crippen molar-refractivity contribution < 1.29 is 4.74 Å². The second-order valence-electron chi connectivity index (χ2n) is 4.35. The summed E-state index contributed by atoms with van der Waals surface area (Å²) in [5, 5.41) is 6.98. The molecular formula is C16H18N2OS. The van der Waals surface area contributed by atoms with Gasteiger partial charge in [-0.3, -0.25) is 0 Å². The van der Waals surface area contributed by atoms with Crippen molar-refractivity contribution in [1.29, 1.82) is 0 Å². The lowest BCUT2D eigenvalue weighted by Crippen LogP contribution is -2.30. The Labute approximate surface area is 125 Å². The van der Waals surface area contributed by atoms with Crippen LogP contribution in [0.3, 0.4) is 0 Å². The summed E-state index contributed by atoms with van der Waals surface area (Å²) < 4.78 is 5.20. The first-order chi connectivity index (χ1) is 9.78. The quantitative estimate of drug-likeness (QED) is 0.827. The summed E-state index contributed by atoms with van der Waals surface area (Å²) in [4.78, 5) is 0. The molecule has 0 radical (unpaired) electrons. The molecule has 0 aliphatic carbocycles. The summed E-state index contributed by atoms with van der Waals surface area (Å²) in [6, 6.07) is 17.9. The Morgan fingerprint density at radius 2 is 1.90 bits per heavy atom. The maximum absolute atomic E-state index is 5.25. The first kappa shape index (κ1) is 14.3. The van der Waals surface area contributed by atoms with Crippen molar-refractivity contribution in [1.82, 2.24) is 5.32 Å². The number of methoxy groups -OCH3 is 1. The number of rotatable bonds is 5. The van der Waals surface area contributed by atoms with Crippen LogP contribution >= 0.6 is 12.2 Å². The molecule has 3 nitrogen and oxygen atoms in total. The highest BCUT2D eigenvalue weighted by molar-refractivity contribution is 7.80. The summed E-state index contributed by atoms with van der Waals surface area (Å²) in [5.74, 6) is 0.882. The predicted octanol–water partition coefficient (Wildman–Crippen LogP) is 3.22. The fourth-order valence-electron chi connectivity index (χ4n) is 1.85. The highest BCUT2D eigenvalue weighted by atomic mass is 32.1. The van der Waals surface area contributed by atoms with E-state index in [9.17, 15) is 0 Å². The molecule has 0 heterocycles. The molecule has 0 aromatic heterocycles. The second-order valence-corrected chi connectivity index (χ2v) is 4.76. The van der Waals surface area contributed by atoms with E-state index in [1.165, 1.54) is 5.56 Å². The van der Waals surface area contributed by atoms with Gasteiger partial charge in [-0.2, -0.15) is 0 Å². The van der Waals surface area contributed by atoms with Crippen LogP contribution in [-0.4, -0.2) is 18.8 Å². The molecule has 2 rings (SSSR count). The zero-order valence-corrected chi connectivity index (χ0v) is 12.2. The molecule has 0 aliphatic heterocycles. The molecule has 104 valence electrons. The third kappa shape index (κ3) is 4.55. The number of ether oxygens (including phenoxy) is 1. The minimum absolute atomic E-state index is 0.638. The van der Waals surface area contributed by atoms with Gasteiger partial charge in [0.25, 0.3) is 0 Å². The molecule has 2 aromatic rings. The van der Waals surface area contributed by atoms with Crippen LogP contribution in [0, 0.1) is 0 Å². The van der Waals surface area contributed by atoms with Gasteiger partial charge in [0, 0.05) is 12.2 Å². The third-order valence-electron chi connectivity index (χ3n) is 2.87. The van der Waals surface area contributed by atoms with Crippen molar-refractivity contribution in [3.8, 4) is 5.75 Å². The van der Waals surface area contributed by atoms with Crippen LogP contribution in [0.2, 0.25) is 0 Å². The number of nitrogens with one attached hydrogen (secondary N) is 2. The summed E-state index contributed by atoms with van der Waals surface area (Å²) in [6.07, 6.45) is 0.897. The lowest BCUT2D eigenvalue weighted by molar-refractivity contribution is 0.414. The Balaban J connectivity index is 1.76. The van der Waals surface area contributed by atoms with E-state index < -0.39 is 0 Å². The van der Waals surface area contributed by atoms with Gasteiger partial charge >= 0.3 is 0 Å². The van der Waals surface area contributed by atoms with Gasteiger partial charge in [0.15, 0.2) is 5.11 Å². The van der Waals surface area contributed by atoms with Crippen LogP contribution in [0.5, 0.6) is 5.75 Å². The number of thiocarbonyl (C=S) groups is 1. The standard InChI is InChI=1S/C16H18N2OS/c1-19-15-9-5-6-13(12-15)10-11-17-16(20)18-14-7-3-2-4-8-14/h2-9,12H,10-11H2,1H3,(H2,17,18,20). The molecule has 0 spiro atoms. The summed E-state index contributed by atoms with van der Waals surface area (Å²) >= 11 is 5.25. The Bertz CT molecular complexity index is 557. The van der Waals surface area contributed by atoms with Gasteiger partial charge in [-0.15, -0.1) is 0 Å². The largest absolute Gasteiger partial charge is 0.497 e. The summed E-state index contributed by atoms with van der Waals surface area (Å²) in [7, 11) is 1.68. The fourth-order valence-corrected chi connectivity index (χ4v) is 2.07. The van der Waals surface area contributed by atoms with Crippen molar-refractivity contribution in [3.63, 3.8) is 0 Å². The van der Waals surface area contributed by atoms with Crippen LogP contribution < -0.4 is 15.4 Å². The van der Waals surface area contributed by atoms with E-state index in [1.807, 2.05) is 48.5 Å². The molecule has 0 aliphatic rings. The van der Waals surface area contributed by atoms with Gasteiger partial charge < -0.3 is 15.4 Å². The average molecular weight is 286 g/mol. The Morgan fingerprint density at radius 3 is 2.65 bits per heavy atom. The second kappa shape index (κ2) is 7.50. The van der Waals surface area contributed by atoms with E-state index >= 15 is 0 Å². The van der Waals surface area contributed by atoms with Crippen LogP contribution in [-0.2, 0) is 6.42 Å². The van der Waals surface area contributed by atoms with Crippen LogP contribution in [0.25, 0.3) is 0 Å². The number of hydrogen-bond donors (Lipinski definition) is 2. The van der Waals surface area contributed by atoms with Crippen molar-refractivity contribution in [3.05, 3.63) is 60.2 Å². The summed E-state index contributed by atoms with van der Waals surface area (Å²) in [5.41, 5.74) is 2.21. The normalized spacial score (nSPS) is 9.85. The van der Waals surface area contributed by atoms with Crippen LogP contribution in [0.15, 0.2) is 54.6 Å². The molecule has 0 fully saturated rings. The molecule has 4 heteroatoms. The number of hydrogen-bond acceptors (Lipinski definition) is 2. The monoisotopic (exact) mass is 286 g/mol. The topological polar surface area (TPSA) is 33.3 Å². The summed E-state index contributed by atoms with van der Waals surface area (Å²) in [6.45, 7) is 0.784. The third-order valence-corrected chi connectivity index (χ3v) is 3.11. The SMILES string of the molecule is COc1cccc(CCNC(=S)Nc2ccccc2)c1. The molecule has 2 N–H and O–H groups in total. The minimum atomic E-state index is 0.638. The predicted molar refractivity (Wildman–Crippen MR) is 87.4 cm³/mol. The van der Waals surface area contributed by atoms with Crippen LogP contribution in [0.4, 0.5) is 5.69 Å². The Hall–Kier alpha value is -2.07. The van der Waals surface area contributed by atoms with Crippen molar-refractivity contribution in [2.45, 2.75) is 6.42 Å². The maximum Gasteiger partial charge on any atom is 0.170 e. The van der Waals surface area contributed by atoms with E-state index in [4.69, 9.17) is 17.0 Å². The van der Waals surface area contributed by atoms with Crippen molar-refractivity contribution >= 4 is 23.0 Å². The molecule has 0 unspecified atom stereocenters. The minimum Gasteiger partial charge on any atom is -0.497 e. The van der Waals surface area contributed by atoms with Crippen molar-refractivity contribution in [2.75, 3.05) is 19.0 Å². The van der Waals surface area contributed by atoms with E-state index in [2.05, 4.69) is 16.7 Å². The van der Waals surface area contributed by atoms with Gasteiger partial charge in [0.05, 0.1) is 7.11 Å². The van der Waals surface area contributed by atoms with Crippen LogP contribution in [0.1, 0.15) is 5.56 Å². The average Bonchev–Trinajstić information content (AvgIpc) is 2.48. The lowest BCUT2D eigenvalue weighted by Gasteiger charge is -2.10. The van der Waals surface area contributed by atoms with Gasteiger partial charge in [-0.25, -0.2) is 0 Å². The van der Waals surface area contributed by atoms with Gasteiger partial charge in [0.2, 0.25) is 0 Å². The number of anilines is 1. The van der Waals surface area contributed by atoms with E-state index in [0.717, 1.165) is 24.4 Å². The van der Waals surface area contributed by atoms with E-state index in [-0.39, 0.29) is 0 Å². The smallest absolute Gasteiger partial charge is 0.170 e. The highest BCUT2D eigenvalue weighted by Crippen LogP contribution is 2.12. The zero-order valence-electron chi connectivity index (χ0n) is 11.4. The zero-order chi connectivity index (χ0) is 14.2. The molecule has 2 aromatic carbocycles. The first-order valence-electron chi connectivity index (χ1n) is 6.51. The highest BCUT2D eigenvalue weighted by Gasteiger charge is 1.98. The molecule has 0 atom stereocenters.